The largest absolute Gasteiger partial charge is 0.454 e. The molecule has 0 spiro atoms. The van der Waals surface area contributed by atoms with Gasteiger partial charge < -0.3 is 29.8 Å². The first-order valence-electron chi connectivity index (χ1n) is 10.7. The SMILES string of the molecule is NC(=O)c1cc(-c2ccc3c(c2)OCO3)cc2c1[nH]c1cc(C(=O)N3CCOCC3)ccc12. The van der Waals surface area contributed by atoms with Gasteiger partial charge in [-0.25, -0.2) is 0 Å². The lowest BCUT2D eigenvalue weighted by Crippen LogP contribution is -2.40. The Balaban J connectivity index is 1.48. The third kappa shape index (κ3) is 3.27. The summed E-state index contributed by atoms with van der Waals surface area (Å²) in [5, 5.41) is 1.77. The van der Waals surface area contributed by atoms with Crippen molar-refractivity contribution in [2.24, 2.45) is 5.73 Å². The third-order valence-corrected chi connectivity index (χ3v) is 6.22. The minimum absolute atomic E-state index is 0.0324. The minimum atomic E-state index is -0.529. The van der Waals surface area contributed by atoms with E-state index in [1.165, 1.54) is 0 Å². The molecule has 3 N–H and O–H groups in total. The molecule has 1 saturated heterocycles. The molecule has 4 aromatic rings. The average molecular weight is 443 g/mol. The number of rotatable bonds is 3. The maximum Gasteiger partial charge on any atom is 0.254 e. The predicted molar refractivity (Wildman–Crippen MR) is 123 cm³/mol. The molecule has 166 valence electrons. The second-order valence-corrected chi connectivity index (χ2v) is 8.17. The third-order valence-electron chi connectivity index (χ3n) is 6.22. The Morgan fingerprint density at radius 2 is 1.70 bits per heavy atom. The number of ether oxygens (including phenoxy) is 3. The van der Waals surface area contributed by atoms with Crippen LogP contribution in [0.15, 0.2) is 48.5 Å². The molecule has 0 atom stereocenters. The number of hydrogen-bond acceptors (Lipinski definition) is 5. The van der Waals surface area contributed by atoms with Gasteiger partial charge in [-0.05, 0) is 47.5 Å². The van der Waals surface area contributed by atoms with Crippen molar-refractivity contribution in [3.05, 3.63) is 59.7 Å². The van der Waals surface area contributed by atoms with Crippen LogP contribution >= 0.6 is 0 Å². The number of aromatic nitrogens is 1. The van der Waals surface area contributed by atoms with Crippen molar-refractivity contribution in [3.8, 4) is 22.6 Å². The first kappa shape index (κ1) is 19.6. The summed E-state index contributed by atoms with van der Waals surface area (Å²) in [6.07, 6.45) is 0. The monoisotopic (exact) mass is 443 g/mol. The molecule has 0 unspecified atom stereocenters. The van der Waals surface area contributed by atoms with Gasteiger partial charge in [0.1, 0.15) is 0 Å². The second-order valence-electron chi connectivity index (χ2n) is 8.17. The van der Waals surface area contributed by atoms with Crippen LogP contribution in [0.3, 0.4) is 0 Å². The number of H-pyrrole nitrogens is 1. The molecule has 8 heteroatoms. The summed E-state index contributed by atoms with van der Waals surface area (Å²) in [7, 11) is 0. The number of carbonyl (C=O) groups is 2. The van der Waals surface area contributed by atoms with Gasteiger partial charge in [0.25, 0.3) is 11.8 Å². The van der Waals surface area contributed by atoms with Crippen LogP contribution < -0.4 is 15.2 Å². The number of morpholine rings is 1. The van der Waals surface area contributed by atoms with Crippen LogP contribution in [0.2, 0.25) is 0 Å². The highest BCUT2D eigenvalue weighted by atomic mass is 16.7. The zero-order chi connectivity index (χ0) is 22.5. The molecule has 1 aromatic heterocycles. The maximum absolute atomic E-state index is 12.9. The number of carbonyl (C=O) groups excluding carboxylic acids is 2. The Labute approximate surface area is 188 Å². The van der Waals surface area contributed by atoms with E-state index in [9.17, 15) is 9.59 Å². The van der Waals surface area contributed by atoms with Crippen molar-refractivity contribution in [1.82, 2.24) is 9.88 Å². The number of aromatic amines is 1. The fraction of sp³-hybridized carbons (Fsp3) is 0.200. The zero-order valence-electron chi connectivity index (χ0n) is 17.7. The lowest BCUT2D eigenvalue weighted by Gasteiger charge is -2.26. The zero-order valence-corrected chi connectivity index (χ0v) is 17.7. The van der Waals surface area contributed by atoms with Gasteiger partial charge in [0.05, 0.1) is 24.3 Å². The number of nitrogens with two attached hydrogens (primary N) is 1. The topological polar surface area (TPSA) is 107 Å². The molecule has 0 radical (unpaired) electrons. The minimum Gasteiger partial charge on any atom is -0.454 e. The average Bonchev–Trinajstić information content (AvgIpc) is 3.46. The van der Waals surface area contributed by atoms with E-state index in [1.807, 2.05) is 42.5 Å². The fourth-order valence-electron chi connectivity index (χ4n) is 4.53. The van der Waals surface area contributed by atoms with Crippen LogP contribution in [0.5, 0.6) is 11.5 Å². The first-order valence-corrected chi connectivity index (χ1v) is 10.7. The Bertz CT molecular complexity index is 1440. The molecule has 8 nitrogen and oxygen atoms in total. The van der Waals surface area contributed by atoms with Gasteiger partial charge in [-0.2, -0.15) is 0 Å². The molecule has 0 bridgehead atoms. The Hall–Kier alpha value is -4.04. The van der Waals surface area contributed by atoms with Crippen molar-refractivity contribution < 1.29 is 23.8 Å². The van der Waals surface area contributed by atoms with Crippen LogP contribution in [-0.2, 0) is 4.74 Å². The van der Waals surface area contributed by atoms with E-state index in [-0.39, 0.29) is 12.7 Å². The number of amides is 2. The van der Waals surface area contributed by atoms with Gasteiger partial charge in [0, 0.05) is 34.9 Å². The van der Waals surface area contributed by atoms with E-state index in [4.69, 9.17) is 19.9 Å². The number of fused-ring (bicyclic) bond motifs is 4. The molecule has 0 saturated carbocycles. The summed E-state index contributed by atoms with van der Waals surface area (Å²) in [6, 6.07) is 15.0. The predicted octanol–water partition coefficient (Wildman–Crippen LogP) is 3.29. The van der Waals surface area contributed by atoms with E-state index in [0.717, 1.165) is 27.4 Å². The molecule has 6 rings (SSSR count). The summed E-state index contributed by atoms with van der Waals surface area (Å²) in [5.41, 5.74) is 9.86. The molecular formula is C25H21N3O5. The smallest absolute Gasteiger partial charge is 0.254 e. The van der Waals surface area contributed by atoms with Crippen molar-refractivity contribution in [2.45, 2.75) is 0 Å². The summed E-state index contributed by atoms with van der Waals surface area (Å²) in [4.78, 5) is 30.4. The normalized spacial score (nSPS) is 15.3. The van der Waals surface area contributed by atoms with E-state index >= 15 is 0 Å². The number of nitrogens with zero attached hydrogens (tertiary/aromatic N) is 1. The van der Waals surface area contributed by atoms with Crippen LogP contribution in [0.1, 0.15) is 20.7 Å². The van der Waals surface area contributed by atoms with Gasteiger partial charge in [0.2, 0.25) is 6.79 Å². The summed E-state index contributed by atoms with van der Waals surface area (Å²) in [6.45, 7) is 2.44. The van der Waals surface area contributed by atoms with Gasteiger partial charge in [-0.1, -0.05) is 12.1 Å². The van der Waals surface area contributed by atoms with Crippen molar-refractivity contribution in [3.63, 3.8) is 0 Å². The number of primary amides is 1. The summed E-state index contributed by atoms with van der Waals surface area (Å²) < 4.78 is 16.2. The Kier molecular flexibility index (Phi) is 4.48. The first-order chi connectivity index (χ1) is 16.1. The van der Waals surface area contributed by atoms with Crippen molar-refractivity contribution in [2.75, 3.05) is 33.1 Å². The highest BCUT2D eigenvalue weighted by Gasteiger charge is 2.21. The highest BCUT2D eigenvalue weighted by molar-refractivity contribution is 6.17. The van der Waals surface area contributed by atoms with Crippen molar-refractivity contribution >= 4 is 33.6 Å². The lowest BCUT2D eigenvalue weighted by atomic mass is 9.98. The Morgan fingerprint density at radius 1 is 0.879 bits per heavy atom. The summed E-state index contributed by atoms with van der Waals surface area (Å²) >= 11 is 0. The molecule has 1 fully saturated rings. The van der Waals surface area contributed by atoms with E-state index in [2.05, 4.69) is 4.98 Å². The molecular weight excluding hydrogens is 422 g/mol. The van der Waals surface area contributed by atoms with E-state index < -0.39 is 5.91 Å². The molecule has 2 aliphatic heterocycles. The lowest BCUT2D eigenvalue weighted by molar-refractivity contribution is 0.0303. The van der Waals surface area contributed by atoms with Gasteiger partial charge in [-0.15, -0.1) is 0 Å². The van der Waals surface area contributed by atoms with Crippen LogP contribution in [-0.4, -0.2) is 54.8 Å². The second kappa shape index (κ2) is 7.53. The standard InChI is InChI=1S/C25H21N3O5/c26-24(29)19-10-16(14-2-4-21-22(12-14)33-13-32-21)9-18-17-3-1-15(11-20(17)27-23(18)19)25(30)28-5-7-31-8-6-28/h1-4,9-12,27H,5-8,13H2,(H2,26,29). The molecule has 3 aromatic carbocycles. The molecule has 0 aliphatic carbocycles. The number of nitrogens with one attached hydrogen (secondary N) is 1. The van der Waals surface area contributed by atoms with Gasteiger partial charge in [0.15, 0.2) is 11.5 Å². The molecule has 3 heterocycles. The molecule has 33 heavy (non-hydrogen) atoms. The van der Waals surface area contributed by atoms with Crippen LogP contribution in [0.25, 0.3) is 32.9 Å². The van der Waals surface area contributed by atoms with Crippen molar-refractivity contribution in [1.29, 1.82) is 0 Å². The number of hydrogen-bond donors (Lipinski definition) is 2. The quantitative estimate of drug-likeness (QED) is 0.505. The van der Waals surface area contributed by atoms with Gasteiger partial charge in [-0.3, -0.25) is 9.59 Å². The van der Waals surface area contributed by atoms with E-state index in [0.29, 0.717) is 54.4 Å². The highest BCUT2D eigenvalue weighted by Crippen LogP contribution is 2.38. The summed E-state index contributed by atoms with van der Waals surface area (Å²) in [5.74, 6) is 0.798. The van der Waals surface area contributed by atoms with Crippen LogP contribution in [0, 0.1) is 0 Å². The maximum atomic E-state index is 12.9. The molecule has 2 amide bonds. The van der Waals surface area contributed by atoms with E-state index in [1.54, 1.807) is 11.0 Å². The number of benzene rings is 3. The Morgan fingerprint density at radius 3 is 2.52 bits per heavy atom. The fourth-order valence-corrected chi connectivity index (χ4v) is 4.53. The van der Waals surface area contributed by atoms with Gasteiger partial charge >= 0.3 is 0 Å². The van der Waals surface area contributed by atoms with Crippen LogP contribution in [0.4, 0.5) is 0 Å². The molecule has 2 aliphatic rings.